The summed E-state index contributed by atoms with van der Waals surface area (Å²) in [6.07, 6.45) is -0.379. The number of anilines is 1. The zero-order valence-corrected chi connectivity index (χ0v) is 13.0. The van der Waals surface area contributed by atoms with E-state index in [1.807, 2.05) is 0 Å². The van der Waals surface area contributed by atoms with Crippen LogP contribution < -0.4 is 4.90 Å². The standard InChI is InChI=1S/C12H12N2O6S2/c1-5(11(19)20)22-7-3-8(15)14(10(7)18)12-13-6(4-21-12)2-9(16)17/h4-5,7H,2-3H2,1H3,(H,16,17)(H,19,20). The maximum absolute atomic E-state index is 12.2. The van der Waals surface area contributed by atoms with Crippen LogP contribution in [0.1, 0.15) is 19.0 Å². The summed E-state index contributed by atoms with van der Waals surface area (Å²) >= 11 is 1.92. The monoisotopic (exact) mass is 344 g/mol. The van der Waals surface area contributed by atoms with Gasteiger partial charge in [0.2, 0.25) is 11.8 Å². The third-order valence-electron chi connectivity index (χ3n) is 2.88. The van der Waals surface area contributed by atoms with Crippen molar-refractivity contribution in [1.82, 2.24) is 4.98 Å². The normalized spacial score (nSPS) is 19.5. The number of carboxylic acids is 2. The molecule has 2 heterocycles. The summed E-state index contributed by atoms with van der Waals surface area (Å²) in [5.41, 5.74) is 0.267. The minimum atomic E-state index is -1.06. The molecular formula is C12H12N2O6S2. The maximum Gasteiger partial charge on any atom is 0.316 e. The first-order valence-electron chi connectivity index (χ1n) is 6.21. The van der Waals surface area contributed by atoms with E-state index in [1.165, 1.54) is 12.3 Å². The SMILES string of the molecule is CC(SC1CC(=O)N(c2nc(CC(=O)O)cs2)C1=O)C(=O)O. The molecule has 1 saturated heterocycles. The van der Waals surface area contributed by atoms with Crippen molar-refractivity contribution < 1.29 is 29.4 Å². The number of nitrogens with zero attached hydrogens (tertiary/aromatic N) is 2. The molecular weight excluding hydrogens is 332 g/mol. The first kappa shape index (κ1) is 16.4. The fourth-order valence-electron chi connectivity index (χ4n) is 1.85. The van der Waals surface area contributed by atoms with Gasteiger partial charge in [-0.25, -0.2) is 9.88 Å². The molecule has 8 nitrogen and oxygen atoms in total. The number of thiazole rings is 1. The number of hydrogen-bond donors (Lipinski definition) is 2. The van der Waals surface area contributed by atoms with E-state index in [-0.39, 0.29) is 23.7 Å². The first-order chi connectivity index (χ1) is 10.3. The van der Waals surface area contributed by atoms with Gasteiger partial charge in [-0.1, -0.05) is 0 Å². The van der Waals surface area contributed by atoms with Crippen LogP contribution in [0.5, 0.6) is 0 Å². The van der Waals surface area contributed by atoms with Gasteiger partial charge >= 0.3 is 11.9 Å². The minimum absolute atomic E-state index is 0.0883. The van der Waals surface area contributed by atoms with Crippen LogP contribution in [0.4, 0.5) is 5.13 Å². The van der Waals surface area contributed by atoms with Crippen LogP contribution in [-0.2, 0) is 25.6 Å². The predicted octanol–water partition coefficient (Wildman–Crippen LogP) is 0.608. The molecule has 0 bridgehead atoms. The fraction of sp³-hybridized carbons (Fsp3) is 0.417. The molecule has 0 aliphatic carbocycles. The summed E-state index contributed by atoms with van der Waals surface area (Å²) < 4.78 is 0. The van der Waals surface area contributed by atoms with E-state index in [4.69, 9.17) is 10.2 Å². The summed E-state index contributed by atoms with van der Waals surface area (Å²) in [4.78, 5) is 50.6. The molecule has 0 aromatic carbocycles. The van der Waals surface area contributed by atoms with Crippen molar-refractivity contribution in [1.29, 1.82) is 0 Å². The quantitative estimate of drug-likeness (QED) is 0.719. The summed E-state index contributed by atoms with van der Waals surface area (Å²) in [7, 11) is 0. The highest BCUT2D eigenvalue weighted by Crippen LogP contribution is 2.33. The molecule has 1 aliphatic heterocycles. The van der Waals surface area contributed by atoms with Gasteiger partial charge in [-0.05, 0) is 6.92 Å². The Morgan fingerprint density at radius 1 is 1.50 bits per heavy atom. The highest BCUT2D eigenvalue weighted by atomic mass is 32.2. The van der Waals surface area contributed by atoms with Gasteiger partial charge < -0.3 is 10.2 Å². The van der Waals surface area contributed by atoms with Crippen LogP contribution in [0.15, 0.2) is 5.38 Å². The second-order valence-electron chi connectivity index (χ2n) is 4.57. The van der Waals surface area contributed by atoms with E-state index in [9.17, 15) is 19.2 Å². The lowest BCUT2D eigenvalue weighted by Crippen LogP contribution is -2.32. The number of aromatic nitrogens is 1. The molecule has 2 atom stereocenters. The number of thioether (sulfide) groups is 1. The van der Waals surface area contributed by atoms with Gasteiger partial charge in [-0.3, -0.25) is 19.2 Å². The Morgan fingerprint density at radius 2 is 2.18 bits per heavy atom. The molecule has 1 aliphatic rings. The molecule has 1 aromatic heterocycles. The van der Waals surface area contributed by atoms with Gasteiger partial charge in [-0.2, -0.15) is 0 Å². The Balaban J connectivity index is 2.13. The van der Waals surface area contributed by atoms with Crippen LogP contribution in [-0.4, -0.2) is 49.4 Å². The Labute approximate surface area is 133 Å². The number of carbonyl (C=O) groups excluding carboxylic acids is 2. The van der Waals surface area contributed by atoms with Gasteiger partial charge in [0.15, 0.2) is 5.13 Å². The smallest absolute Gasteiger partial charge is 0.316 e. The van der Waals surface area contributed by atoms with E-state index < -0.39 is 34.3 Å². The zero-order valence-electron chi connectivity index (χ0n) is 11.4. The average molecular weight is 344 g/mol. The van der Waals surface area contributed by atoms with Crippen molar-refractivity contribution in [2.75, 3.05) is 4.90 Å². The van der Waals surface area contributed by atoms with Crippen LogP contribution in [0.3, 0.4) is 0 Å². The van der Waals surface area contributed by atoms with Gasteiger partial charge in [0.1, 0.15) is 5.25 Å². The van der Waals surface area contributed by atoms with Crippen molar-refractivity contribution in [3.63, 3.8) is 0 Å². The predicted molar refractivity (Wildman–Crippen MR) is 79.0 cm³/mol. The highest BCUT2D eigenvalue weighted by molar-refractivity contribution is 8.01. The molecule has 0 spiro atoms. The number of aliphatic carboxylic acids is 2. The van der Waals surface area contributed by atoms with Gasteiger partial charge in [0.05, 0.1) is 17.4 Å². The molecule has 22 heavy (non-hydrogen) atoms. The lowest BCUT2D eigenvalue weighted by molar-refractivity contribution is -0.137. The van der Waals surface area contributed by atoms with Gasteiger partial charge in [0, 0.05) is 11.8 Å². The van der Waals surface area contributed by atoms with Gasteiger partial charge in [0.25, 0.3) is 0 Å². The number of carbonyl (C=O) groups is 4. The molecule has 1 fully saturated rings. The van der Waals surface area contributed by atoms with Crippen LogP contribution in [0.2, 0.25) is 0 Å². The topological polar surface area (TPSA) is 125 Å². The Kier molecular flexibility index (Phi) is 4.81. The average Bonchev–Trinajstić information content (AvgIpc) is 2.94. The molecule has 2 rings (SSSR count). The number of rotatable bonds is 6. The Morgan fingerprint density at radius 3 is 2.77 bits per heavy atom. The van der Waals surface area contributed by atoms with Crippen LogP contribution in [0, 0.1) is 0 Å². The molecule has 2 amide bonds. The zero-order chi connectivity index (χ0) is 16.4. The van der Waals surface area contributed by atoms with Crippen molar-refractivity contribution in [2.24, 2.45) is 0 Å². The summed E-state index contributed by atoms with van der Waals surface area (Å²) in [6, 6.07) is 0. The lowest BCUT2D eigenvalue weighted by atomic mass is 10.3. The largest absolute Gasteiger partial charge is 0.481 e. The Hall–Kier alpha value is -1.94. The summed E-state index contributed by atoms with van der Waals surface area (Å²) in [5.74, 6) is -3.09. The second kappa shape index (κ2) is 6.44. The second-order valence-corrected chi connectivity index (χ2v) is 6.95. The molecule has 10 heteroatoms. The number of amides is 2. The fourth-order valence-corrected chi connectivity index (χ4v) is 3.77. The molecule has 118 valence electrons. The maximum atomic E-state index is 12.2. The third-order valence-corrected chi connectivity index (χ3v) is 5.07. The highest BCUT2D eigenvalue weighted by Gasteiger charge is 2.42. The minimum Gasteiger partial charge on any atom is -0.481 e. The van der Waals surface area contributed by atoms with E-state index in [2.05, 4.69) is 4.98 Å². The molecule has 0 radical (unpaired) electrons. The summed E-state index contributed by atoms with van der Waals surface area (Å²) in [5, 5.41) is 17.6. The van der Waals surface area contributed by atoms with E-state index in [1.54, 1.807) is 0 Å². The number of hydrogen-bond acceptors (Lipinski definition) is 7. The Bertz CT molecular complexity index is 643. The molecule has 2 unspecified atom stereocenters. The van der Waals surface area contributed by atoms with E-state index in [0.29, 0.717) is 0 Å². The molecule has 0 saturated carbocycles. The van der Waals surface area contributed by atoms with Gasteiger partial charge in [-0.15, -0.1) is 23.1 Å². The van der Waals surface area contributed by atoms with Crippen molar-refractivity contribution in [3.05, 3.63) is 11.1 Å². The third kappa shape index (κ3) is 3.45. The first-order valence-corrected chi connectivity index (χ1v) is 8.03. The number of carboxylic acid groups (broad SMARTS) is 2. The van der Waals surface area contributed by atoms with Crippen LogP contribution in [0.25, 0.3) is 0 Å². The van der Waals surface area contributed by atoms with Crippen molar-refractivity contribution >= 4 is 52.0 Å². The van der Waals surface area contributed by atoms with E-state index >= 15 is 0 Å². The molecule has 1 aromatic rings. The van der Waals surface area contributed by atoms with Crippen molar-refractivity contribution in [2.45, 2.75) is 30.3 Å². The number of imide groups is 1. The summed E-state index contributed by atoms with van der Waals surface area (Å²) in [6.45, 7) is 1.45. The lowest BCUT2D eigenvalue weighted by Gasteiger charge is -2.12. The van der Waals surface area contributed by atoms with Crippen LogP contribution >= 0.6 is 23.1 Å². The van der Waals surface area contributed by atoms with E-state index in [0.717, 1.165) is 28.0 Å². The molecule has 2 N–H and O–H groups in total. The van der Waals surface area contributed by atoms with Crippen molar-refractivity contribution in [3.8, 4) is 0 Å².